The molecule has 1 amide bonds. The van der Waals surface area contributed by atoms with Gasteiger partial charge in [0.05, 0.1) is 39.7 Å². The fourth-order valence-corrected chi connectivity index (χ4v) is 5.08. The van der Waals surface area contributed by atoms with Crippen molar-refractivity contribution < 1.29 is 23.7 Å². The number of H-pyrrole nitrogens is 1. The molecule has 4 aromatic rings. The highest BCUT2D eigenvalue weighted by molar-refractivity contribution is 6.00. The Morgan fingerprint density at radius 3 is 2.23 bits per heavy atom. The van der Waals surface area contributed by atoms with Gasteiger partial charge in [-0.25, -0.2) is 0 Å². The minimum atomic E-state index is -0.352. The number of benzene rings is 3. The number of amides is 1. The quantitative estimate of drug-likeness (QED) is 0.219. The van der Waals surface area contributed by atoms with Gasteiger partial charge in [0.15, 0.2) is 11.5 Å². The molecule has 0 spiro atoms. The van der Waals surface area contributed by atoms with Crippen molar-refractivity contribution in [3.05, 3.63) is 89.1 Å². The summed E-state index contributed by atoms with van der Waals surface area (Å²) < 4.78 is 22.3. The Kier molecular flexibility index (Phi) is 8.24. The largest absolute Gasteiger partial charge is 0.497 e. The van der Waals surface area contributed by atoms with E-state index in [1.807, 2.05) is 71.6 Å². The van der Waals surface area contributed by atoms with Crippen molar-refractivity contribution in [2.45, 2.75) is 32.2 Å². The number of nitrogens with one attached hydrogen (secondary N) is 1. The van der Waals surface area contributed by atoms with Crippen LogP contribution in [-0.4, -0.2) is 55.5 Å². The Labute approximate surface area is 234 Å². The Bertz CT molecular complexity index is 1450. The first-order valence-electron chi connectivity index (χ1n) is 13.5. The third-order valence-corrected chi connectivity index (χ3v) is 7.29. The van der Waals surface area contributed by atoms with Crippen LogP contribution >= 0.6 is 0 Å². The molecule has 5 rings (SSSR count). The van der Waals surface area contributed by atoms with Crippen molar-refractivity contribution >= 4 is 5.91 Å². The van der Waals surface area contributed by atoms with E-state index in [0.717, 1.165) is 52.3 Å². The maximum Gasteiger partial charge on any atom is 0.273 e. The summed E-state index contributed by atoms with van der Waals surface area (Å²) in [5.41, 5.74) is 5.05. The molecule has 0 fully saturated rings. The van der Waals surface area contributed by atoms with E-state index in [1.54, 1.807) is 21.3 Å². The van der Waals surface area contributed by atoms with E-state index in [0.29, 0.717) is 36.8 Å². The molecule has 1 atom stereocenters. The first kappa shape index (κ1) is 27.1. The van der Waals surface area contributed by atoms with Gasteiger partial charge in [-0.1, -0.05) is 31.5 Å². The van der Waals surface area contributed by atoms with E-state index in [1.165, 1.54) is 0 Å². The Balaban J connectivity index is 1.53. The van der Waals surface area contributed by atoms with Crippen LogP contribution in [0.1, 0.15) is 53.0 Å². The molecule has 0 saturated carbocycles. The number of nitrogens with zero attached hydrogens (tertiary/aromatic N) is 2. The number of methoxy groups -OCH3 is 3. The van der Waals surface area contributed by atoms with Crippen molar-refractivity contribution in [3.63, 3.8) is 0 Å². The summed E-state index contributed by atoms with van der Waals surface area (Å²) in [6.07, 6.45) is 2.70. The van der Waals surface area contributed by atoms with Gasteiger partial charge in [-0.15, -0.1) is 0 Å². The molecule has 1 aliphatic rings. The molecular weight excluding hydrogens is 506 g/mol. The van der Waals surface area contributed by atoms with Gasteiger partial charge in [0, 0.05) is 17.7 Å². The third-order valence-electron chi connectivity index (χ3n) is 7.29. The second-order valence-electron chi connectivity index (χ2n) is 9.70. The van der Waals surface area contributed by atoms with Crippen molar-refractivity contribution in [2.24, 2.45) is 0 Å². The zero-order valence-electron chi connectivity index (χ0n) is 23.4. The molecule has 0 aliphatic carbocycles. The smallest absolute Gasteiger partial charge is 0.273 e. The van der Waals surface area contributed by atoms with Gasteiger partial charge < -0.3 is 23.8 Å². The van der Waals surface area contributed by atoms with Crippen LogP contribution in [0, 0.1) is 0 Å². The molecule has 3 aromatic carbocycles. The summed E-state index contributed by atoms with van der Waals surface area (Å²) in [5, 5.41) is 7.62. The van der Waals surface area contributed by atoms with Crippen LogP contribution in [0.4, 0.5) is 0 Å². The maximum atomic E-state index is 13.8. The molecule has 8 nitrogen and oxygen atoms in total. The number of carbonyl (C=O) groups is 1. The number of ether oxygens (including phenoxy) is 4. The van der Waals surface area contributed by atoms with Gasteiger partial charge in [0.2, 0.25) is 0 Å². The second-order valence-corrected chi connectivity index (χ2v) is 9.70. The van der Waals surface area contributed by atoms with Crippen molar-refractivity contribution in [3.8, 4) is 34.3 Å². The number of hydrogen-bond donors (Lipinski definition) is 1. The summed E-state index contributed by atoms with van der Waals surface area (Å²) in [6.45, 7) is 3.28. The third kappa shape index (κ3) is 5.34. The second kappa shape index (κ2) is 12.2. The monoisotopic (exact) mass is 541 g/mol. The number of hydrogen-bond acceptors (Lipinski definition) is 6. The van der Waals surface area contributed by atoms with Crippen LogP contribution < -0.4 is 18.9 Å². The molecule has 0 saturated heterocycles. The number of carbonyl (C=O) groups excluding carboxylic acids is 1. The van der Waals surface area contributed by atoms with Crippen LogP contribution in [0.25, 0.3) is 11.3 Å². The Morgan fingerprint density at radius 2 is 1.57 bits per heavy atom. The standard InChI is InChI=1S/C32H35N3O5/c1-5-6-19-40-26-16-11-23(20-27(26)39-4)31-28-29(22-9-14-25(38-3)15-10-22)33-34-30(28)32(36)35(31)18-17-21-7-12-24(37-2)13-8-21/h7-16,20,31H,5-6,17-19H2,1-4H3,(H,33,34). The molecular formula is C32H35N3O5. The van der Waals surface area contributed by atoms with Crippen molar-refractivity contribution in [1.82, 2.24) is 15.1 Å². The zero-order chi connectivity index (χ0) is 28.1. The first-order chi connectivity index (χ1) is 19.6. The van der Waals surface area contributed by atoms with Crippen LogP contribution in [-0.2, 0) is 6.42 Å². The lowest BCUT2D eigenvalue weighted by Gasteiger charge is -2.27. The lowest BCUT2D eigenvalue weighted by molar-refractivity contribution is 0.0745. The molecule has 40 heavy (non-hydrogen) atoms. The lowest BCUT2D eigenvalue weighted by Crippen LogP contribution is -2.31. The molecule has 0 radical (unpaired) electrons. The Hall–Kier alpha value is -4.46. The summed E-state index contributed by atoms with van der Waals surface area (Å²) in [5.74, 6) is 2.81. The molecule has 2 heterocycles. The SMILES string of the molecule is CCCCOc1ccc(C2c3c(-c4ccc(OC)cc4)n[nH]c3C(=O)N2CCc2ccc(OC)cc2)cc1OC. The van der Waals surface area contributed by atoms with E-state index in [2.05, 4.69) is 17.1 Å². The minimum Gasteiger partial charge on any atom is -0.497 e. The van der Waals surface area contributed by atoms with E-state index in [9.17, 15) is 4.79 Å². The molecule has 0 bridgehead atoms. The van der Waals surface area contributed by atoms with Gasteiger partial charge in [-0.3, -0.25) is 9.89 Å². The van der Waals surface area contributed by atoms with Crippen LogP contribution in [0.5, 0.6) is 23.0 Å². The molecule has 8 heteroatoms. The predicted molar refractivity (Wildman–Crippen MR) is 154 cm³/mol. The normalized spacial score (nSPS) is 14.2. The minimum absolute atomic E-state index is 0.0805. The molecule has 1 aliphatic heterocycles. The van der Waals surface area contributed by atoms with Gasteiger partial charge in [-0.2, -0.15) is 5.10 Å². The first-order valence-corrected chi connectivity index (χ1v) is 13.5. The molecule has 1 N–H and O–H groups in total. The van der Waals surface area contributed by atoms with E-state index >= 15 is 0 Å². The number of fused-ring (bicyclic) bond motifs is 1. The van der Waals surface area contributed by atoms with E-state index in [4.69, 9.17) is 18.9 Å². The fourth-order valence-electron chi connectivity index (χ4n) is 5.08. The van der Waals surface area contributed by atoms with Gasteiger partial charge in [0.1, 0.15) is 17.2 Å². The summed E-state index contributed by atoms with van der Waals surface area (Å²) in [6, 6.07) is 21.2. The average Bonchev–Trinajstić information content (AvgIpc) is 3.55. The van der Waals surface area contributed by atoms with Gasteiger partial charge >= 0.3 is 0 Å². The molecule has 1 aromatic heterocycles. The number of aromatic amines is 1. The molecule has 1 unspecified atom stereocenters. The predicted octanol–water partition coefficient (Wildman–Crippen LogP) is 6.07. The highest BCUT2D eigenvalue weighted by Crippen LogP contribution is 2.44. The highest BCUT2D eigenvalue weighted by Gasteiger charge is 2.42. The number of aromatic nitrogens is 2. The average molecular weight is 542 g/mol. The summed E-state index contributed by atoms with van der Waals surface area (Å²) in [7, 11) is 4.93. The number of unbranched alkanes of at least 4 members (excludes halogenated alkanes) is 1. The Morgan fingerprint density at radius 1 is 0.875 bits per heavy atom. The summed E-state index contributed by atoms with van der Waals surface area (Å²) in [4.78, 5) is 15.7. The van der Waals surface area contributed by atoms with Crippen LogP contribution in [0.2, 0.25) is 0 Å². The summed E-state index contributed by atoms with van der Waals surface area (Å²) >= 11 is 0. The van der Waals surface area contributed by atoms with Gasteiger partial charge in [-0.05, 0) is 72.5 Å². The highest BCUT2D eigenvalue weighted by atomic mass is 16.5. The fraction of sp³-hybridized carbons (Fsp3) is 0.312. The zero-order valence-corrected chi connectivity index (χ0v) is 23.4. The van der Waals surface area contributed by atoms with E-state index in [-0.39, 0.29) is 11.9 Å². The molecule has 208 valence electrons. The van der Waals surface area contributed by atoms with E-state index < -0.39 is 0 Å². The maximum absolute atomic E-state index is 13.8. The lowest BCUT2D eigenvalue weighted by atomic mass is 9.95. The van der Waals surface area contributed by atoms with Crippen molar-refractivity contribution in [2.75, 3.05) is 34.5 Å². The van der Waals surface area contributed by atoms with Crippen LogP contribution in [0.15, 0.2) is 66.7 Å². The van der Waals surface area contributed by atoms with Crippen LogP contribution in [0.3, 0.4) is 0 Å². The van der Waals surface area contributed by atoms with Crippen molar-refractivity contribution in [1.29, 1.82) is 0 Å². The van der Waals surface area contributed by atoms with Gasteiger partial charge in [0.25, 0.3) is 5.91 Å². The number of rotatable bonds is 12. The topological polar surface area (TPSA) is 85.9 Å².